The van der Waals surface area contributed by atoms with E-state index < -0.39 is 5.97 Å². The Morgan fingerprint density at radius 1 is 1.27 bits per heavy atom. The van der Waals surface area contributed by atoms with Crippen LogP contribution in [-0.4, -0.2) is 23.4 Å². The number of ether oxygens (including phenoxy) is 1. The third kappa shape index (κ3) is 4.07. The summed E-state index contributed by atoms with van der Waals surface area (Å²) >= 11 is 12.3. The summed E-state index contributed by atoms with van der Waals surface area (Å²) in [6.07, 6.45) is 1.82. The van der Waals surface area contributed by atoms with Crippen molar-refractivity contribution in [1.82, 2.24) is 10.2 Å². The van der Waals surface area contributed by atoms with Crippen molar-refractivity contribution in [3.63, 3.8) is 0 Å². The van der Waals surface area contributed by atoms with E-state index in [9.17, 15) is 4.79 Å². The molecule has 132 valence electrons. The average Bonchev–Trinajstić information content (AvgIpc) is 2.65. The first-order valence-corrected chi connectivity index (χ1v) is 8.49. The molecule has 1 aliphatic heterocycles. The molecule has 0 aliphatic carbocycles. The monoisotopic (exact) mass is 388 g/mol. The first kappa shape index (κ1) is 18.1. The number of hydrogen-bond donors (Lipinski definition) is 1. The van der Waals surface area contributed by atoms with Gasteiger partial charge in [0.15, 0.2) is 6.19 Å². The molecule has 2 aromatic rings. The van der Waals surface area contributed by atoms with E-state index in [0.717, 1.165) is 5.56 Å². The lowest BCUT2D eigenvalue weighted by atomic mass is 10.1. The summed E-state index contributed by atoms with van der Waals surface area (Å²) in [5.74, 6) is -0.182. The van der Waals surface area contributed by atoms with Gasteiger partial charge in [-0.25, -0.2) is 4.99 Å². The first-order chi connectivity index (χ1) is 12.6. The van der Waals surface area contributed by atoms with Crippen molar-refractivity contribution in [3.8, 4) is 6.19 Å². The topological polar surface area (TPSA) is 77.7 Å². The Morgan fingerprint density at radius 3 is 2.77 bits per heavy atom. The molecule has 0 saturated heterocycles. The summed E-state index contributed by atoms with van der Waals surface area (Å²) in [4.78, 5) is 18.1. The zero-order valence-corrected chi connectivity index (χ0v) is 15.1. The average molecular weight is 389 g/mol. The summed E-state index contributed by atoms with van der Waals surface area (Å²) in [6, 6.07) is 12.7. The van der Waals surface area contributed by atoms with E-state index in [0.29, 0.717) is 21.3 Å². The number of fused-ring (bicyclic) bond motifs is 1. The van der Waals surface area contributed by atoms with E-state index in [1.165, 1.54) is 0 Å². The molecule has 0 radical (unpaired) electrons. The Kier molecular flexibility index (Phi) is 5.61. The number of halogens is 2. The van der Waals surface area contributed by atoms with Gasteiger partial charge in [0.05, 0.1) is 22.3 Å². The molecule has 0 bridgehead atoms. The maximum absolute atomic E-state index is 12.2. The molecular formula is C18H14Cl2N4O2. The lowest BCUT2D eigenvalue weighted by Crippen LogP contribution is -2.43. The van der Waals surface area contributed by atoms with Gasteiger partial charge in [-0.15, -0.1) is 0 Å². The van der Waals surface area contributed by atoms with Crippen molar-refractivity contribution in [3.05, 3.63) is 63.6 Å². The van der Waals surface area contributed by atoms with Crippen molar-refractivity contribution in [2.24, 2.45) is 4.99 Å². The zero-order valence-electron chi connectivity index (χ0n) is 13.6. The molecule has 0 aromatic heterocycles. The second-order valence-electron chi connectivity index (χ2n) is 5.53. The van der Waals surface area contributed by atoms with Crippen LogP contribution in [0.1, 0.15) is 11.1 Å². The van der Waals surface area contributed by atoms with Crippen LogP contribution in [0.5, 0.6) is 0 Å². The highest BCUT2D eigenvalue weighted by molar-refractivity contribution is 6.42. The van der Waals surface area contributed by atoms with Crippen LogP contribution < -0.4 is 5.32 Å². The molecule has 1 aliphatic rings. The first-order valence-electron chi connectivity index (χ1n) is 7.73. The molecule has 26 heavy (non-hydrogen) atoms. The fraction of sp³-hybridized carbons (Fsp3) is 0.167. The van der Waals surface area contributed by atoms with Crippen LogP contribution in [0, 0.1) is 11.5 Å². The van der Waals surface area contributed by atoms with Gasteiger partial charge >= 0.3 is 5.97 Å². The molecule has 1 heterocycles. The van der Waals surface area contributed by atoms with Crippen molar-refractivity contribution in [2.45, 2.75) is 13.2 Å². The van der Waals surface area contributed by atoms with Crippen LogP contribution in [0.3, 0.4) is 0 Å². The maximum Gasteiger partial charge on any atom is 0.325 e. The van der Waals surface area contributed by atoms with E-state index in [1.54, 1.807) is 17.0 Å². The number of carbonyl (C=O) groups excluding carboxylic acids is 1. The standard InChI is InChI=1S/C18H14Cl2N4O2/c19-14-6-7-15-13(17(14)20)8-24(18(23-15)22-11-21)9-16(25)26-10-12-4-2-1-3-5-12/h1-7H,8-10H2,(H,22,23). The minimum Gasteiger partial charge on any atom is -0.459 e. The van der Waals surface area contributed by atoms with Gasteiger partial charge in [0, 0.05) is 5.56 Å². The summed E-state index contributed by atoms with van der Waals surface area (Å²) in [7, 11) is 0. The number of nitrogens with one attached hydrogen (secondary N) is 1. The molecule has 1 N–H and O–H groups in total. The van der Waals surface area contributed by atoms with Crippen molar-refractivity contribution >= 4 is 40.8 Å². The highest BCUT2D eigenvalue weighted by Gasteiger charge is 2.25. The number of nitriles is 1. The van der Waals surface area contributed by atoms with Crippen LogP contribution in [-0.2, 0) is 22.7 Å². The van der Waals surface area contributed by atoms with Crippen LogP contribution >= 0.6 is 23.2 Å². The highest BCUT2D eigenvalue weighted by atomic mass is 35.5. The van der Waals surface area contributed by atoms with E-state index >= 15 is 0 Å². The Balaban J connectivity index is 1.73. The number of rotatable bonds is 4. The van der Waals surface area contributed by atoms with Gasteiger partial charge in [0.2, 0.25) is 5.96 Å². The molecule has 0 saturated carbocycles. The summed E-state index contributed by atoms with van der Waals surface area (Å²) in [5, 5.41) is 12.2. The SMILES string of the molecule is N#CNC1=Nc2ccc(Cl)c(Cl)c2CN1CC(=O)OCc1ccccc1. The van der Waals surface area contributed by atoms with Crippen LogP contribution in [0.2, 0.25) is 10.0 Å². The molecule has 0 amide bonds. The minimum absolute atomic E-state index is 0.0807. The van der Waals surface area contributed by atoms with Crippen molar-refractivity contribution in [1.29, 1.82) is 5.26 Å². The Morgan fingerprint density at radius 2 is 2.04 bits per heavy atom. The third-order valence-corrected chi connectivity index (χ3v) is 4.62. The van der Waals surface area contributed by atoms with Crippen molar-refractivity contribution in [2.75, 3.05) is 6.54 Å². The fourth-order valence-electron chi connectivity index (χ4n) is 2.52. The zero-order chi connectivity index (χ0) is 18.5. The van der Waals surface area contributed by atoms with Gasteiger partial charge in [-0.3, -0.25) is 10.1 Å². The number of benzene rings is 2. The molecule has 0 spiro atoms. The maximum atomic E-state index is 12.2. The number of aliphatic imine (C=N–C) groups is 1. The largest absolute Gasteiger partial charge is 0.459 e. The lowest BCUT2D eigenvalue weighted by Gasteiger charge is -2.29. The summed E-state index contributed by atoms with van der Waals surface area (Å²) < 4.78 is 5.29. The highest BCUT2D eigenvalue weighted by Crippen LogP contribution is 2.36. The van der Waals surface area contributed by atoms with Crippen LogP contribution in [0.25, 0.3) is 0 Å². The number of carbonyl (C=O) groups is 1. The second kappa shape index (κ2) is 8.09. The molecule has 6 nitrogen and oxygen atoms in total. The van der Waals surface area contributed by atoms with Gasteiger partial charge in [0.1, 0.15) is 13.2 Å². The number of esters is 1. The summed E-state index contributed by atoms with van der Waals surface area (Å²) in [5.41, 5.74) is 2.19. The molecule has 0 atom stereocenters. The van der Waals surface area contributed by atoms with E-state index in [2.05, 4.69) is 10.3 Å². The molecule has 0 unspecified atom stereocenters. The normalized spacial score (nSPS) is 12.7. The fourth-order valence-corrected chi connectivity index (χ4v) is 2.91. The second-order valence-corrected chi connectivity index (χ2v) is 6.32. The quantitative estimate of drug-likeness (QED) is 0.491. The predicted octanol–water partition coefficient (Wildman–Crippen LogP) is 3.61. The van der Waals surface area contributed by atoms with E-state index in [4.69, 9.17) is 33.2 Å². The van der Waals surface area contributed by atoms with Gasteiger partial charge in [-0.05, 0) is 17.7 Å². The van der Waals surface area contributed by atoms with Gasteiger partial charge in [-0.2, -0.15) is 5.26 Å². The van der Waals surface area contributed by atoms with Gasteiger partial charge in [0.25, 0.3) is 0 Å². The minimum atomic E-state index is -0.442. The predicted molar refractivity (Wildman–Crippen MR) is 99.0 cm³/mol. The van der Waals surface area contributed by atoms with E-state index in [-0.39, 0.29) is 25.7 Å². The molecule has 8 heteroatoms. The van der Waals surface area contributed by atoms with Crippen LogP contribution in [0.4, 0.5) is 5.69 Å². The Labute approximate surface area is 160 Å². The number of guanidine groups is 1. The van der Waals surface area contributed by atoms with Crippen LogP contribution in [0.15, 0.2) is 47.5 Å². The van der Waals surface area contributed by atoms with Gasteiger partial charge in [-0.1, -0.05) is 53.5 Å². The molecule has 0 fully saturated rings. The molecular weight excluding hydrogens is 375 g/mol. The molecule has 3 rings (SSSR count). The smallest absolute Gasteiger partial charge is 0.325 e. The lowest BCUT2D eigenvalue weighted by molar-refractivity contribution is -0.145. The summed E-state index contributed by atoms with van der Waals surface area (Å²) in [6.45, 7) is 0.375. The Bertz CT molecular complexity index is 894. The number of hydrogen-bond acceptors (Lipinski definition) is 6. The van der Waals surface area contributed by atoms with E-state index in [1.807, 2.05) is 36.5 Å². The Hall–Kier alpha value is -2.75. The third-order valence-electron chi connectivity index (χ3n) is 3.78. The van der Waals surface area contributed by atoms with Crippen molar-refractivity contribution < 1.29 is 9.53 Å². The number of nitrogens with zero attached hydrogens (tertiary/aromatic N) is 3. The van der Waals surface area contributed by atoms with Gasteiger partial charge < -0.3 is 9.64 Å². The molecule has 2 aromatic carbocycles.